The second-order valence-corrected chi connectivity index (χ2v) is 14.8. The minimum Gasteiger partial charge on any atom is -0.488 e. The van der Waals surface area contributed by atoms with Crippen molar-refractivity contribution in [1.82, 2.24) is 9.88 Å². The smallest absolute Gasteiger partial charge is 0.305 e. The summed E-state index contributed by atoms with van der Waals surface area (Å²) in [5.41, 5.74) is 11.5. The van der Waals surface area contributed by atoms with Gasteiger partial charge in [-0.3, -0.25) is 9.78 Å². The summed E-state index contributed by atoms with van der Waals surface area (Å²) in [6.07, 6.45) is 6.96. The number of aromatic nitrogens is 1. The van der Waals surface area contributed by atoms with Gasteiger partial charge in [-0.2, -0.15) is 5.26 Å². The number of carboxylic acids is 1. The summed E-state index contributed by atoms with van der Waals surface area (Å²) in [4.78, 5) is 17.7. The van der Waals surface area contributed by atoms with E-state index in [0.717, 1.165) is 40.8 Å². The van der Waals surface area contributed by atoms with Crippen LogP contribution in [0.3, 0.4) is 0 Å². The Bertz CT molecular complexity index is 2140. The van der Waals surface area contributed by atoms with Gasteiger partial charge in [-0.05, 0) is 128 Å². The number of aliphatic hydroxyl groups is 1. The molecule has 4 aromatic carbocycles. The number of ether oxygens (including phenoxy) is 2. The molecule has 6 rings (SSSR count). The van der Waals surface area contributed by atoms with Crippen LogP contribution in [0.4, 0.5) is 0 Å². The lowest BCUT2D eigenvalue weighted by Gasteiger charge is -2.18. The predicted molar refractivity (Wildman–Crippen MR) is 216 cm³/mol. The van der Waals surface area contributed by atoms with Gasteiger partial charge in [0.25, 0.3) is 0 Å². The first-order valence-electron chi connectivity index (χ1n) is 19.0. The number of aliphatic carboxylic acids is 1. The Hall–Kier alpha value is -5.20. The van der Waals surface area contributed by atoms with Crippen LogP contribution in [0, 0.1) is 25.2 Å². The molecule has 1 aliphatic rings. The molecule has 0 radical (unpaired) electrons. The molecule has 284 valence electrons. The molecule has 8 nitrogen and oxygen atoms in total. The Labute approximate surface area is 329 Å². The summed E-state index contributed by atoms with van der Waals surface area (Å²) in [6.45, 7) is 8.33. The van der Waals surface area contributed by atoms with Crippen molar-refractivity contribution in [3.05, 3.63) is 135 Å². The standard InChI is InChI=1S/C46H48ClN3O5/c1-31-38(9-6-12-41(31)42-13-7-11-40(32(42)2)36-16-14-33(15-17-36)18-21-50-19-3-4-20-50)30-55-45-25-44(54-29-35-22-34(26-48)27-49-28-35)37(23-43(45)47)8-5-10-39(51)24-46(52)53/h6-7,9,11-17,22-23,25,27-28,39,51H,3-5,8,10,18-21,24,29-30H2,1-2H3,(H,52,53)/t39-/m1/s1. The highest BCUT2D eigenvalue weighted by Crippen LogP contribution is 2.37. The lowest BCUT2D eigenvalue weighted by Crippen LogP contribution is -2.21. The molecule has 1 fully saturated rings. The van der Waals surface area contributed by atoms with E-state index in [1.54, 1.807) is 24.4 Å². The van der Waals surface area contributed by atoms with Gasteiger partial charge in [-0.25, -0.2) is 0 Å². The maximum absolute atomic E-state index is 11.0. The molecular formula is C46H48ClN3O5. The number of halogens is 1. The average molecular weight is 758 g/mol. The van der Waals surface area contributed by atoms with E-state index < -0.39 is 12.1 Å². The third kappa shape index (κ3) is 10.5. The monoisotopic (exact) mass is 757 g/mol. The maximum atomic E-state index is 11.0. The van der Waals surface area contributed by atoms with Gasteiger partial charge in [0.2, 0.25) is 0 Å². The van der Waals surface area contributed by atoms with E-state index in [4.69, 9.17) is 26.2 Å². The van der Waals surface area contributed by atoms with Gasteiger partial charge in [0.05, 0.1) is 23.1 Å². The number of carboxylic acid groups (broad SMARTS) is 1. The Balaban J connectivity index is 1.18. The van der Waals surface area contributed by atoms with Crippen LogP contribution >= 0.6 is 11.6 Å². The fourth-order valence-electron chi connectivity index (χ4n) is 7.31. The fourth-order valence-corrected chi connectivity index (χ4v) is 7.55. The first-order chi connectivity index (χ1) is 26.7. The molecule has 0 amide bonds. The van der Waals surface area contributed by atoms with Crippen molar-refractivity contribution in [2.45, 2.75) is 78.1 Å². The minimum atomic E-state index is -1.04. The van der Waals surface area contributed by atoms with Crippen LogP contribution < -0.4 is 9.47 Å². The highest BCUT2D eigenvalue weighted by molar-refractivity contribution is 6.32. The van der Waals surface area contributed by atoms with Crippen molar-refractivity contribution < 1.29 is 24.5 Å². The zero-order valence-electron chi connectivity index (χ0n) is 31.6. The summed E-state index contributed by atoms with van der Waals surface area (Å²) < 4.78 is 12.6. The van der Waals surface area contributed by atoms with Crippen molar-refractivity contribution in [1.29, 1.82) is 5.26 Å². The number of likely N-dealkylation sites (tertiary alicyclic amines) is 1. The molecule has 0 bridgehead atoms. The molecule has 5 aromatic rings. The van der Waals surface area contributed by atoms with E-state index in [1.165, 1.54) is 59.9 Å². The largest absolute Gasteiger partial charge is 0.488 e. The van der Waals surface area contributed by atoms with E-state index in [9.17, 15) is 15.2 Å². The van der Waals surface area contributed by atoms with Gasteiger partial charge in [-0.15, -0.1) is 0 Å². The van der Waals surface area contributed by atoms with E-state index in [0.29, 0.717) is 41.3 Å². The zero-order valence-corrected chi connectivity index (χ0v) is 32.3. The van der Waals surface area contributed by atoms with Gasteiger partial charge in [0.1, 0.15) is 30.8 Å². The molecule has 0 aliphatic carbocycles. The number of nitriles is 1. The average Bonchev–Trinajstić information content (AvgIpc) is 3.71. The van der Waals surface area contributed by atoms with Crippen molar-refractivity contribution in [2.75, 3.05) is 19.6 Å². The molecule has 1 aliphatic heterocycles. The molecule has 55 heavy (non-hydrogen) atoms. The number of aliphatic hydroxyl groups excluding tert-OH is 1. The lowest BCUT2D eigenvalue weighted by molar-refractivity contribution is -0.139. The van der Waals surface area contributed by atoms with Crippen molar-refractivity contribution in [2.24, 2.45) is 0 Å². The normalized spacial score (nSPS) is 13.4. The molecule has 9 heteroatoms. The van der Waals surface area contributed by atoms with Gasteiger partial charge in [-0.1, -0.05) is 72.3 Å². The van der Waals surface area contributed by atoms with Crippen LogP contribution in [-0.2, 0) is 30.8 Å². The molecule has 1 aromatic heterocycles. The van der Waals surface area contributed by atoms with Crippen molar-refractivity contribution in [3.63, 3.8) is 0 Å². The number of hydrogen-bond acceptors (Lipinski definition) is 7. The lowest BCUT2D eigenvalue weighted by atomic mass is 9.89. The first-order valence-corrected chi connectivity index (χ1v) is 19.4. The maximum Gasteiger partial charge on any atom is 0.305 e. The molecule has 0 unspecified atom stereocenters. The molecule has 0 saturated carbocycles. The van der Waals surface area contributed by atoms with Crippen LogP contribution in [0.25, 0.3) is 22.3 Å². The third-order valence-corrected chi connectivity index (χ3v) is 10.8. The highest BCUT2D eigenvalue weighted by Gasteiger charge is 2.17. The van der Waals surface area contributed by atoms with Crippen LogP contribution in [-0.4, -0.2) is 51.8 Å². The summed E-state index contributed by atoms with van der Waals surface area (Å²) >= 11 is 6.80. The summed E-state index contributed by atoms with van der Waals surface area (Å²) in [7, 11) is 0. The van der Waals surface area contributed by atoms with Gasteiger partial charge < -0.3 is 24.6 Å². The van der Waals surface area contributed by atoms with Crippen molar-refractivity contribution >= 4 is 17.6 Å². The van der Waals surface area contributed by atoms with E-state index >= 15 is 0 Å². The molecule has 0 spiro atoms. The molecule has 2 heterocycles. The molecule has 1 saturated heterocycles. The second-order valence-electron chi connectivity index (χ2n) is 14.4. The Morgan fingerprint density at radius 3 is 2.31 bits per heavy atom. The topological polar surface area (TPSA) is 116 Å². The van der Waals surface area contributed by atoms with E-state index in [2.05, 4.69) is 90.5 Å². The number of rotatable bonds is 17. The number of pyridine rings is 1. The third-order valence-electron chi connectivity index (χ3n) is 10.5. The SMILES string of the molecule is Cc1c(COc2cc(OCc3cncc(C#N)c3)c(CCC[C@@H](O)CC(=O)O)cc2Cl)cccc1-c1cccc(-c2ccc(CCN3CCCC3)cc2)c1C. The minimum absolute atomic E-state index is 0.167. The van der Waals surface area contributed by atoms with E-state index in [-0.39, 0.29) is 19.6 Å². The van der Waals surface area contributed by atoms with E-state index in [1.807, 2.05) is 0 Å². The molecule has 2 N–H and O–H groups in total. The number of carbonyl (C=O) groups is 1. The first kappa shape index (κ1) is 39.5. The Morgan fingerprint density at radius 1 is 0.855 bits per heavy atom. The van der Waals surface area contributed by atoms with Gasteiger partial charge in [0, 0.05) is 30.6 Å². The van der Waals surface area contributed by atoms with Crippen LogP contribution in [0.15, 0.2) is 91.3 Å². The quantitative estimate of drug-likeness (QED) is 0.0964. The van der Waals surface area contributed by atoms with Crippen molar-refractivity contribution in [3.8, 4) is 39.8 Å². The fraction of sp³-hybridized carbons (Fsp3) is 0.326. The number of benzene rings is 4. The Kier molecular flexibility index (Phi) is 13.6. The number of nitrogens with zero attached hydrogens (tertiary/aromatic N) is 3. The summed E-state index contributed by atoms with van der Waals surface area (Å²) in [5, 5.41) is 28.9. The van der Waals surface area contributed by atoms with Gasteiger partial charge in [0.15, 0.2) is 0 Å². The summed E-state index contributed by atoms with van der Waals surface area (Å²) in [6, 6.07) is 29.2. The summed E-state index contributed by atoms with van der Waals surface area (Å²) in [5.74, 6) is -0.0307. The predicted octanol–water partition coefficient (Wildman–Crippen LogP) is 9.51. The van der Waals surface area contributed by atoms with Gasteiger partial charge >= 0.3 is 5.97 Å². The number of hydrogen-bond donors (Lipinski definition) is 2. The molecule has 1 atom stereocenters. The molecular weight excluding hydrogens is 710 g/mol. The van der Waals surface area contributed by atoms with Crippen LogP contribution in [0.5, 0.6) is 11.5 Å². The highest BCUT2D eigenvalue weighted by atomic mass is 35.5. The van der Waals surface area contributed by atoms with Crippen LogP contribution in [0.2, 0.25) is 5.02 Å². The number of aryl methyl sites for hydroxylation is 1. The second kappa shape index (κ2) is 18.9. The zero-order chi connectivity index (χ0) is 38.7. The Morgan fingerprint density at radius 2 is 1.56 bits per heavy atom. The van der Waals surface area contributed by atoms with Crippen LogP contribution in [0.1, 0.15) is 71.0 Å².